The monoisotopic (exact) mass is 160 g/mol. The van der Waals surface area contributed by atoms with Gasteiger partial charge in [0.15, 0.2) is 0 Å². The van der Waals surface area contributed by atoms with Crippen molar-refractivity contribution in [1.82, 2.24) is 0 Å². The molecule has 0 aromatic carbocycles. The van der Waals surface area contributed by atoms with Crippen LogP contribution in [0.4, 0.5) is 0 Å². The predicted molar refractivity (Wildman–Crippen MR) is 46.5 cm³/mol. The van der Waals surface area contributed by atoms with Gasteiger partial charge in [-0.25, -0.2) is 0 Å². The summed E-state index contributed by atoms with van der Waals surface area (Å²) in [6, 6.07) is 0. The maximum Gasteiger partial charge on any atom is 0.0879 e. The molecular weight excluding hydrogens is 140 g/mol. The molecule has 0 aliphatic heterocycles. The van der Waals surface area contributed by atoms with E-state index in [-0.39, 0.29) is 6.10 Å². The summed E-state index contributed by atoms with van der Waals surface area (Å²) in [4.78, 5) is 0. The summed E-state index contributed by atoms with van der Waals surface area (Å²) >= 11 is 0. The van der Waals surface area contributed by atoms with Gasteiger partial charge in [0.25, 0.3) is 0 Å². The van der Waals surface area contributed by atoms with Gasteiger partial charge in [-0.1, -0.05) is 13.8 Å². The number of aliphatic hydroxyl groups is 1. The molecule has 0 bridgehead atoms. The minimum absolute atomic E-state index is 0.0625. The Morgan fingerprint density at radius 2 is 1.82 bits per heavy atom. The molecule has 68 valence electrons. The summed E-state index contributed by atoms with van der Waals surface area (Å²) in [6.45, 7) is 10.3. The molecule has 0 unspecified atom stereocenters. The molecule has 0 radical (unpaired) electrons. The Morgan fingerprint density at radius 3 is 1.91 bits per heavy atom. The highest BCUT2D eigenvalue weighted by atomic mass is 16.5. The van der Waals surface area contributed by atoms with Gasteiger partial charge < -0.3 is 9.84 Å². The minimum Gasteiger partial charge on any atom is -0.388 e. The largest absolute Gasteiger partial charge is 0.388 e. The van der Waals surface area contributed by atoms with Crippen LogP contribution in [0.2, 0.25) is 0 Å². The van der Waals surface area contributed by atoms with E-state index in [2.05, 4.69) is 13.8 Å². The van der Waals surface area contributed by atoms with Crippen LogP contribution in [0.5, 0.6) is 0 Å². The van der Waals surface area contributed by atoms with Crippen LogP contribution >= 0.6 is 0 Å². The fraction of sp³-hybridized carbons (Fsp3) is 1.00. The zero-order chi connectivity index (χ0) is 9.07. The topological polar surface area (TPSA) is 29.5 Å². The number of hydrogen-bond acceptors (Lipinski definition) is 2. The summed E-state index contributed by atoms with van der Waals surface area (Å²) in [5, 5.41) is 9.65. The van der Waals surface area contributed by atoms with E-state index in [1.165, 1.54) is 0 Å². The molecule has 0 amide bonds. The molecule has 0 saturated carbocycles. The van der Waals surface area contributed by atoms with Crippen molar-refractivity contribution in [1.29, 1.82) is 0 Å². The average Bonchev–Trinajstić information content (AvgIpc) is 1.79. The molecule has 2 nitrogen and oxygen atoms in total. The van der Waals surface area contributed by atoms with Crippen molar-refractivity contribution in [3.05, 3.63) is 0 Å². The molecule has 11 heavy (non-hydrogen) atoms. The second kappa shape index (κ2) is 4.07. The SMILES string of the molecule is CCO[C@@H](C(C)C)C(C)(C)O. The van der Waals surface area contributed by atoms with Crippen molar-refractivity contribution in [3.8, 4) is 0 Å². The standard InChI is InChI=1S/C9H20O2/c1-6-11-8(7(2)3)9(4,5)10/h7-8,10H,6H2,1-5H3/t8-/m0/s1. The number of hydrogen-bond donors (Lipinski definition) is 1. The third-order valence-corrected chi connectivity index (χ3v) is 1.65. The molecule has 0 aromatic heterocycles. The van der Waals surface area contributed by atoms with E-state index in [1.807, 2.05) is 6.92 Å². The third-order valence-electron chi connectivity index (χ3n) is 1.65. The van der Waals surface area contributed by atoms with E-state index < -0.39 is 5.60 Å². The van der Waals surface area contributed by atoms with Gasteiger partial charge >= 0.3 is 0 Å². The Morgan fingerprint density at radius 1 is 1.36 bits per heavy atom. The first-order chi connectivity index (χ1) is 4.89. The quantitative estimate of drug-likeness (QED) is 0.679. The van der Waals surface area contributed by atoms with Crippen molar-refractivity contribution < 1.29 is 9.84 Å². The van der Waals surface area contributed by atoms with E-state index in [9.17, 15) is 5.11 Å². The van der Waals surface area contributed by atoms with Gasteiger partial charge in [-0.15, -0.1) is 0 Å². The smallest absolute Gasteiger partial charge is 0.0879 e. The molecule has 1 atom stereocenters. The Hall–Kier alpha value is -0.0800. The molecule has 0 fully saturated rings. The summed E-state index contributed by atoms with van der Waals surface area (Å²) in [5.41, 5.74) is -0.732. The molecule has 0 aliphatic rings. The Kier molecular flexibility index (Phi) is 4.04. The Labute approximate surface area is 69.6 Å². The van der Waals surface area contributed by atoms with Gasteiger partial charge in [0, 0.05) is 6.61 Å². The van der Waals surface area contributed by atoms with Crippen LogP contribution in [0.3, 0.4) is 0 Å². The molecule has 0 rings (SSSR count). The first-order valence-corrected chi connectivity index (χ1v) is 4.23. The normalized spacial score (nSPS) is 15.5. The first-order valence-electron chi connectivity index (χ1n) is 4.23. The fourth-order valence-corrected chi connectivity index (χ4v) is 1.39. The van der Waals surface area contributed by atoms with Crippen LogP contribution in [-0.2, 0) is 4.74 Å². The maximum absolute atomic E-state index is 9.65. The van der Waals surface area contributed by atoms with Crippen molar-refractivity contribution in [2.24, 2.45) is 5.92 Å². The molecule has 0 spiro atoms. The zero-order valence-electron chi connectivity index (χ0n) is 8.22. The van der Waals surface area contributed by atoms with Gasteiger partial charge in [-0.3, -0.25) is 0 Å². The summed E-state index contributed by atoms with van der Waals surface area (Å²) in [7, 11) is 0. The lowest BCUT2D eigenvalue weighted by atomic mass is 9.92. The number of rotatable bonds is 4. The maximum atomic E-state index is 9.65. The molecule has 0 heterocycles. The van der Waals surface area contributed by atoms with Crippen LogP contribution < -0.4 is 0 Å². The third kappa shape index (κ3) is 3.73. The highest BCUT2D eigenvalue weighted by molar-refractivity contribution is 4.80. The molecular formula is C9H20O2. The van der Waals surface area contributed by atoms with E-state index in [1.54, 1.807) is 13.8 Å². The summed E-state index contributed by atoms with van der Waals surface area (Å²) in [5.74, 6) is 0.356. The molecule has 1 N–H and O–H groups in total. The molecule has 0 aliphatic carbocycles. The predicted octanol–water partition coefficient (Wildman–Crippen LogP) is 1.82. The average molecular weight is 160 g/mol. The van der Waals surface area contributed by atoms with Gasteiger partial charge in [0.05, 0.1) is 11.7 Å². The Bertz CT molecular complexity index is 103. The van der Waals surface area contributed by atoms with Crippen LogP contribution in [0.15, 0.2) is 0 Å². The highest BCUT2D eigenvalue weighted by Gasteiger charge is 2.29. The van der Waals surface area contributed by atoms with Gasteiger partial charge in [0.2, 0.25) is 0 Å². The van der Waals surface area contributed by atoms with Crippen molar-refractivity contribution in [2.45, 2.75) is 46.3 Å². The highest BCUT2D eigenvalue weighted by Crippen LogP contribution is 2.19. The first kappa shape index (κ1) is 10.9. The van der Waals surface area contributed by atoms with Crippen LogP contribution in [0.1, 0.15) is 34.6 Å². The van der Waals surface area contributed by atoms with E-state index in [0.29, 0.717) is 12.5 Å². The summed E-state index contributed by atoms with van der Waals surface area (Å²) < 4.78 is 5.42. The second-order valence-corrected chi connectivity index (χ2v) is 3.77. The minimum atomic E-state index is -0.732. The molecule has 0 aromatic rings. The Balaban J connectivity index is 4.10. The molecule has 0 saturated heterocycles. The van der Waals surface area contributed by atoms with Crippen LogP contribution in [0, 0.1) is 5.92 Å². The number of ether oxygens (including phenoxy) is 1. The fourth-order valence-electron chi connectivity index (χ4n) is 1.39. The van der Waals surface area contributed by atoms with Gasteiger partial charge in [-0.2, -0.15) is 0 Å². The van der Waals surface area contributed by atoms with Crippen LogP contribution in [-0.4, -0.2) is 23.4 Å². The lowest BCUT2D eigenvalue weighted by Crippen LogP contribution is -2.41. The zero-order valence-corrected chi connectivity index (χ0v) is 8.22. The van der Waals surface area contributed by atoms with Crippen molar-refractivity contribution in [3.63, 3.8) is 0 Å². The molecule has 2 heteroatoms. The lowest BCUT2D eigenvalue weighted by Gasteiger charge is -2.32. The van der Waals surface area contributed by atoms with Crippen LogP contribution in [0.25, 0.3) is 0 Å². The van der Waals surface area contributed by atoms with E-state index in [0.717, 1.165) is 0 Å². The van der Waals surface area contributed by atoms with Crippen molar-refractivity contribution >= 4 is 0 Å². The lowest BCUT2D eigenvalue weighted by molar-refractivity contribution is -0.105. The van der Waals surface area contributed by atoms with Gasteiger partial charge in [-0.05, 0) is 26.7 Å². The van der Waals surface area contributed by atoms with E-state index >= 15 is 0 Å². The summed E-state index contributed by atoms with van der Waals surface area (Å²) in [6.07, 6.45) is -0.0625. The van der Waals surface area contributed by atoms with E-state index in [4.69, 9.17) is 4.74 Å². The van der Waals surface area contributed by atoms with Crippen molar-refractivity contribution in [2.75, 3.05) is 6.61 Å². The second-order valence-electron chi connectivity index (χ2n) is 3.77. The van der Waals surface area contributed by atoms with Gasteiger partial charge in [0.1, 0.15) is 0 Å².